The van der Waals surface area contributed by atoms with E-state index in [1.54, 1.807) is 14.2 Å². The molecule has 1 rings (SSSR count). The summed E-state index contributed by atoms with van der Waals surface area (Å²) in [4.78, 5) is 0. The smallest absolute Gasteiger partial charge is 0.163 e. The summed E-state index contributed by atoms with van der Waals surface area (Å²) in [7, 11) is 4.05. The van der Waals surface area contributed by atoms with Crippen LogP contribution in [0, 0.1) is 0 Å². The monoisotopic (exact) mass is 192 g/mol. The molecule has 12 heavy (non-hydrogen) atoms. The van der Waals surface area contributed by atoms with Crippen molar-refractivity contribution in [2.24, 2.45) is 0 Å². The maximum absolute atomic E-state index is 5.36. The minimum atomic E-state index is -0.491. The van der Waals surface area contributed by atoms with Crippen LogP contribution in [0.15, 0.2) is 0 Å². The molecule has 1 atom stereocenters. The Labute approximate surface area is 75.5 Å². The van der Waals surface area contributed by atoms with E-state index >= 15 is 0 Å². The Hall–Kier alpha value is 0.0569. The topological polar surface area (TPSA) is 40.2 Å². The highest BCUT2D eigenvalue weighted by molar-refractivity contribution is 6.13. The van der Waals surface area contributed by atoms with Gasteiger partial charge < -0.3 is 18.9 Å². The van der Waals surface area contributed by atoms with Crippen LogP contribution in [0.4, 0.5) is 0 Å². The number of ether oxygens (including phenoxy) is 4. The van der Waals surface area contributed by atoms with Crippen molar-refractivity contribution >= 4 is 10.2 Å². The zero-order valence-electron chi connectivity index (χ0n) is 7.83. The van der Waals surface area contributed by atoms with Gasteiger partial charge in [0, 0.05) is 14.2 Å². The Morgan fingerprint density at radius 1 is 1.50 bits per heavy atom. The molecule has 1 aliphatic rings. The molecule has 1 fully saturated rings. The summed E-state index contributed by atoms with van der Waals surface area (Å²) in [6.07, 6.45) is 0.310. The third kappa shape index (κ3) is 3.20. The fraction of sp³-hybridized carbons (Fsp3) is 1.00. The van der Waals surface area contributed by atoms with Crippen molar-refractivity contribution in [3.8, 4) is 0 Å². The molecule has 0 N–H and O–H groups in total. The second kappa shape index (κ2) is 4.34. The lowest BCUT2D eigenvalue weighted by Crippen LogP contribution is -2.39. The van der Waals surface area contributed by atoms with E-state index < -0.39 is 5.41 Å². The third-order valence-electron chi connectivity index (χ3n) is 1.93. The largest absolute Gasteiger partial charge is 0.374 e. The van der Waals surface area contributed by atoms with Gasteiger partial charge in [-0.2, -0.15) is 0 Å². The Bertz CT molecular complexity index is 133. The fourth-order valence-electron chi connectivity index (χ4n) is 0.741. The Morgan fingerprint density at radius 3 is 2.50 bits per heavy atom. The average Bonchev–Trinajstić information content (AvgIpc) is 2.88. The molecule has 0 aromatic rings. The molecule has 1 aliphatic heterocycles. The molecular formula is C7H16O4Si. The molecule has 0 saturated carbocycles. The van der Waals surface area contributed by atoms with Crippen LogP contribution in [0.25, 0.3) is 0 Å². The number of hydrogen-bond donors (Lipinski definition) is 0. The second-order valence-electron chi connectivity index (χ2n) is 3.01. The molecule has 0 spiro atoms. The molecule has 5 heteroatoms. The minimum Gasteiger partial charge on any atom is -0.374 e. The highest BCUT2D eigenvalue weighted by Gasteiger charge is 2.26. The summed E-state index contributed by atoms with van der Waals surface area (Å²) < 4.78 is 20.7. The van der Waals surface area contributed by atoms with Crippen LogP contribution in [0.1, 0.15) is 0 Å². The molecule has 0 radical (unpaired) electrons. The van der Waals surface area contributed by atoms with Crippen LogP contribution in [-0.2, 0) is 18.9 Å². The van der Waals surface area contributed by atoms with E-state index in [1.807, 2.05) is 0 Å². The van der Waals surface area contributed by atoms with Gasteiger partial charge in [-0.25, -0.2) is 0 Å². The van der Waals surface area contributed by atoms with Gasteiger partial charge in [0.05, 0.1) is 30.1 Å². The fourth-order valence-corrected chi connectivity index (χ4v) is 0.945. The molecule has 0 bridgehead atoms. The first-order valence-electron chi connectivity index (χ1n) is 4.00. The van der Waals surface area contributed by atoms with Gasteiger partial charge in [0.15, 0.2) is 5.41 Å². The molecule has 1 unspecified atom stereocenters. The van der Waals surface area contributed by atoms with Gasteiger partial charge in [-0.3, -0.25) is 0 Å². The summed E-state index contributed by atoms with van der Waals surface area (Å²) >= 11 is 0. The normalized spacial score (nSPS) is 23.0. The van der Waals surface area contributed by atoms with Crippen LogP contribution in [0.3, 0.4) is 0 Å². The number of hydrogen-bond acceptors (Lipinski definition) is 4. The first-order valence-corrected chi connectivity index (χ1v) is 5.00. The average molecular weight is 192 g/mol. The molecule has 1 heterocycles. The van der Waals surface area contributed by atoms with E-state index in [1.165, 1.54) is 0 Å². The van der Waals surface area contributed by atoms with Crippen molar-refractivity contribution in [1.82, 2.24) is 0 Å². The molecule has 0 aromatic carbocycles. The lowest BCUT2D eigenvalue weighted by molar-refractivity contribution is -0.176. The number of epoxide rings is 1. The van der Waals surface area contributed by atoms with E-state index in [0.29, 0.717) is 19.3 Å². The van der Waals surface area contributed by atoms with Gasteiger partial charge in [0.2, 0.25) is 0 Å². The SMILES string of the molecule is COC([SiH3])(COCC1CO1)OC. The summed E-state index contributed by atoms with van der Waals surface area (Å²) in [5.41, 5.74) is -0.491. The van der Waals surface area contributed by atoms with Crippen molar-refractivity contribution in [2.45, 2.75) is 11.5 Å². The lowest BCUT2D eigenvalue weighted by atomic mass is 10.5. The van der Waals surface area contributed by atoms with Crippen LogP contribution < -0.4 is 0 Å². The van der Waals surface area contributed by atoms with Crippen molar-refractivity contribution in [3.05, 3.63) is 0 Å². The quantitative estimate of drug-likeness (QED) is 0.298. The Kier molecular flexibility index (Phi) is 3.67. The summed E-state index contributed by atoms with van der Waals surface area (Å²) in [5, 5.41) is 0. The van der Waals surface area contributed by atoms with E-state index in [4.69, 9.17) is 18.9 Å². The maximum Gasteiger partial charge on any atom is 0.163 e. The summed E-state index contributed by atoms with van der Waals surface area (Å²) in [6.45, 7) is 1.97. The number of rotatable bonds is 6. The Balaban J connectivity index is 2.08. The summed E-state index contributed by atoms with van der Waals surface area (Å²) in [5.74, 6) is 0. The zero-order chi connectivity index (χ0) is 9.03. The van der Waals surface area contributed by atoms with E-state index in [9.17, 15) is 0 Å². The Morgan fingerprint density at radius 2 is 2.08 bits per heavy atom. The predicted molar refractivity (Wildman–Crippen MR) is 47.2 cm³/mol. The first-order chi connectivity index (χ1) is 5.70. The molecular weight excluding hydrogens is 176 g/mol. The zero-order valence-corrected chi connectivity index (χ0v) is 9.83. The standard InChI is InChI=1S/C7H16O4Si/c1-8-7(12,9-2)5-10-3-6-4-11-6/h6H,3-5H2,1-2,12H3. The molecule has 1 saturated heterocycles. The van der Waals surface area contributed by atoms with Crippen molar-refractivity contribution in [2.75, 3.05) is 34.0 Å². The van der Waals surface area contributed by atoms with Crippen LogP contribution in [0.5, 0.6) is 0 Å². The van der Waals surface area contributed by atoms with Crippen molar-refractivity contribution in [3.63, 3.8) is 0 Å². The lowest BCUT2D eigenvalue weighted by Gasteiger charge is -2.26. The van der Waals surface area contributed by atoms with E-state index in [0.717, 1.165) is 16.8 Å². The molecule has 4 nitrogen and oxygen atoms in total. The molecule has 0 aromatic heterocycles. The minimum absolute atomic E-state index is 0.310. The van der Waals surface area contributed by atoms with E-state index in [2.05, 4.69) is 0 Å². The van der Waals surface area contributed by atoms with Crippen molar-refractivity contribution < 1.29 is 18.9 Å². The first kappa shape index (κ1) is 10.1. The molecule has 72 valence electrons. The van der Waals surface area contributed by atoms with Crippen LogP contribution in [-0.4, -0.2) is 55.8 Å². The van der Waals surface area contributed by atoms with E-state index in [-0.39, 0.29) is 0 Å². The summed E-state index contributed by atoms with van der Waals surface area (Å²) in [6, 6.07) is 0. The highest BCUT2D eigenvalue weighted by atomic mass is 28.1. The van der Waals surface area contributed by atoms with Crippen LogP contribution >= 0.6 is 0 Å². The van der Waals surface area contributed by atoms with Crippen LogP contribution in [0.2, 0.25) is 0 Å². The predicted octanol–water partition coefficient (Wildman–Crippen LogP) is -1.29. The molecule has 0 aliphatic carbocycles. The van der Waals surface area contributed by atoms with Gasteiger partial charge in [0.1, 0.15) is 6.10 Å². The van der Waals surface area contributed by atoms with Gasteiger partial charge in [-0.15, -0.1) is 0 Å². The van der Waals surface area contributed by atoms with Gasteiger partial charge >= 0.3 is 0 Å². The number of methoxy groups -OCH3 is 2. The highest BCUT2D eigenvalue weighted by Crippen LogP contribution is 2.11. The molecule has 0 amide bonds. The van der Waals surface area contributed by atoms with Gasteiger partial charge in [-0.1, -0.05) is 0 Å². The maximum atomic E-state index is 5.36. The second-order valence-corrected chi connectivity index (χ2v) is 4.54. The van der Waals surface area contributed by atoms with Gasteiger partial charge in [0.25, 0.3) is 0 Å². The third-order valence-corrected chi connectivity index (χ3v) is 3.04. The van der Waals surface area contributed by atoms with Crippen molar-refractivity contribution in [1.29, 1.82) is 0 Å². The van der Waals surface area contributed by atoms with Gasteiger partial charge in [-0.05, 0) is 0 Å².